The molecule has 98 heavy (non-hydrogen) atoms. The van der Waals surface area contributed by atoms with E-state index in [9.17, 15) is 19.8 Å². The average Bonchev–Trinajstić information content (AvgIpc) is 1.26. The average molecular weight is 1330 g/mol. The van der Waals surface area contributed by atoms with Gasteiger partial charge in [0.15, 0.2) is 11.6 Å². The first kappa shape index (κ1) is 61.5. The van der Waals surface area contributed by atoms with Gasteiger partial charge >= 0.3 is 12.0 Å². The first-order chi connectivity index (χ1) is 47.5. The van der Waals surface area contributed by atoms with Gasteiger partial charge < -0.3 is 39.3 Å². The van der Waals surface area contributed by atoms with Crippen LogP contribution in [0.5, 0.6) is 23.5 Å². The summed E-state index contributed by atoms with van der Waals surface area (Å²) in [6.07, 6.45) is 18.5. The lowest BCUT2D eigenvalue weighted by atomic mass is 9.89. The van der Waals surface area contributed by atoms with E-state index >= 15 is 26.3 Å². The standard InChI is InChI=1S/C74H64F6N12O6/c1-3-49-57(77)16-11-40-21-47(94)23-53(60(40)49)64-62(79)66-55(28-81-64)68(87-32-43-12-13-44(33-87)90(43)38-93)85-72(84-66)98-37-74-19-17-59(91(74)31-42(76)27-74)51-25-58(78)50(4-2)61-52(51)22-48(95)24-54(61)65-63(80)67-56(29-82-65)69(86-71(83-67)97-36-73-18-8-20-89(73)30-41(75)26-73)88-34-45-14-15-46(35-88)92(45)70(96)39-9-6-5-7-10-39/h1-2,5-7,9-11,16,21-25,28-29,38,41-46,59,94-95H,8,12-15,17-20,26-27,30-37H2/t41-,42-,43?,44?,45?,46?,59?,73+,74+/m1/s1. The first-order valence-corrected chi connectivity index (χ1v) is 33.3. The van der Waals surface area contributed by atoms with Crippen LogP contribution in [0.25, 0.3) is 65.9 Å². The third-order valence-electron chi connectivity index (χ3n) is 22.3. The van der Waals surface area contributed by atoms with E-state index in [1.807, 2.05) is 37.8 Å². The van der Waals surface area contributed by atoms with Gasteiger partial charge in [-0.25, -0.2) is 26.3 Å². The van der Waals surface area contributed by atoms with Crippen LogP contribution in [0.4, 0.5) is 38.0 Å². The summed E-state index contributed by atoms with van der Waals surface area (Å²) in [6.45, 7) is 2.04. The number of benzene rings is 5. The van der Waals surface area contributed by atoms with Gasteiger partial charge in [-0.05, 0) is 123 Å². The molecule has 0 radical (unpaired) electrons. The number of ether oxygens (including phenoxy) is 2. The molecule has 498 valence electrons. The van der Waals surface area contributed by atoms with Gasteiger partial charge in [0, 0.05) is 110 Å². The third-order valence-corrected chi connectivity index (χ3v) is 22.3. The number of anilines is 2. The zero-order valence-electron chi connectivity index (χ0n) is 53.0. The zero-order chi connectivity index (χ0) is 67.2. The van der Waals surface area contributed by atoms with Crippen LogP contribution in [0, 0.1) is 48.0 Å². The van der Waals surface area contributed by atoms with Gasteiger partial charge in [0.05, 0.1) is 45.1 Å². The Labute approximate surface area is 558 Å². The minimum atomic E-state index is -1.41. The van der Waals surface area contributed by atoms with Crippen LogP contribution in [-0.2, 0) is 4.79 Å². The Bertz CT molecular complexity index is 4920. The van der Waals surface area contributed by atoms with Crippen LogP contribution in [0.3, 0.4) is 0 Å². The monoisotopic (exact) mass is 1330 g/mol. The highest BCUT2D eigenvalue weighted by atomic mass is 19.2. The molecule has 18 nitrogen and oxygen atoms in total. The Morgan fingerprint density at radius 3 is 1.84 bits per heavy atom. The number of phenols is 2. The number of rotatable bonds is 13. The molecule has 5 aromatic carbocycles. The molecule has 8 fully saturated rings. The van der Waals surface area contributed by atoms with Crippen molar-refractivity contribution in [3.05, 3.63) is 131 Å². The number of aromatic hydroxyl groups is 2. The van der Waals surface area contributed by atoms with Crippen molar-refractivity contribution < 1.29 is 55.6 Å². The molecule has 0 spiro atoms. The van der Waals surface area contributed by atoms with Gasteiger partial charge in [0.25, 0.3) is 5.91 Å². The maximum Gasteiger partial charge on any atom is 0.319 e. The van der Waals surface area contributed by atoms with Crippen molar-refractivity contribution >= 4 is 67.3 Å². The molecule has 9 atom stereocenters. The number of carbonyl (C=O) groups is 2. The van der Waals surface area contributed by atoms with Crippen LogP contribution in [0.1, 0.15) is 97.3 Å². The van der Waals surface area contributed by atoms with Crippen LogP contribution in [0.2, 0.25) is 0 Å². The Kier molecular flexibility index (Phi) is 14.7. The number of terminal acetylenes is 2. The smallest absolute Gasteiger partial charge is 0.319 e. The topological polar surface area (TPSA) is 190 Å². The van der Waals surface area contributed by atoms with Gasteiger partial charge in [-0.15, -0.1) is 12.8 Å². The fourth-order valence-electron chi connectivity index (χ4n) is 18.0. The van der Waals surface area contributed by atoms with E-state index in [0.29, 0.717) is 74.3 Å². The summed E-state index contributed by atoms with van der Waals surface area (Å²) in [5, 5.41) is 23.9. The van der Waals surface area contributed by atoms with Gasteiger partial charge in [0.1, 0.15) is 82.7 Å². The normalized spacial score (nSPS) is 25.8. The predicted molar refractivity (Wildman–Crippen MR) is 353 cm³/mol. The number of phenolic OH excluding ortho intramolecular Hbond substituents is 2. The van der Waals surface area contributed by atoms with Gasteiger partial charge in [-0.3, -0.25) is 29.4 Å². The zero-order valence-corrected chi connectivity index (χ0v) is 53.0. The Morgan fingerprint density at radius 2 is 1.20 bits per heavy atom. The van der Waals surface area contributed by atoms with Crippen LogP contribution >= 0.6 is 0 Å². The largest absolute Gasteiger partial charge is 0.508 e. The maximum absolute atomic E-state index is 18.3. The van der Waals surface area contributed by atoms with Crippen molar-refractivity contribution in [2.75, 3.05) is 68.8 Å². The molecular formula is C74H64F6N12O6. The van der Waals surface area contributed by atoms with Crippen LogP contribution < -0.4 is 19.3 Å². The van der Waals surface area contributed by atoms with Gasteiger partial charge in [-0.2, -0.15) is 19.9 Å². The Morgan fingerprint density at radius 1 is 0.633 bits per heavy atom. The second-order valence-electron chi connectivity index (χ2n) is 27.7. The van der Waals surface area contributed by atoms with E-state index in [0.717, 1.165) is 44.6 Å². The van der Waals surface area contributed by atoms with Crippen molar-refractivity contribution in [3.8, 4) is 70.7 Å². The van der Waals surface area contributed by atoms with Crippen molar-refractivity contribution in [2.45, 2.75) is 118 Å². The molecule has 8 saturated heterocycles. The molecule has 0 saturated carbocycles. The van der Waals surface area contributed by atoms with Gasteiger partial charge in [-0.1, -0.05) is 36.1 Å². The summed E-state index contributed by atoms with van der Waals surface area (Å²) < 4.78 is 113. The number of piperazine rings is 2. The molecule has 2 amide bonds. The number of alkyl halides is 2. The summed E-state index contributed by atoms with van der Waals surface area (Å²) in [5.74, 6) is 1.24. The molecular weight excluding hydrogens is 1270 g/mol. The number of hydrogen-bond acceptors (Lipinski definition) is 16. The number of fused-ring (bicyclic) bond motifs is 10. The van der Waals surface area contributed by atoms with Crippen LogP contribution in [-0.4, -0.2) is 179 Å². The van der Waals surface area contributed by atoms with Crippen molar-refractivity contribution in [1.82, 2.24) is 49.5 Å². The summed E-state index contributed by atoms with van der Waals surface area (Å²) >= 11 is 0. The lowest BCUT2D eigenvalue weighted by Crippen LogP contribution is -2.56. The summed E-state index contributed by atoms with van der Waals surface area (Å²) in [7, 11) is 0. The number of pyridine rings is 2. The highest BCUT2D eigenvalue weighted by Crippen LogP contribution is 2.53. The first-order valence-electron chi connectivity index (χ1n) is 33.3. The maximum atomic E-state index is 18.3. The number of halogens is 6. The highest BCUT2D eigenvalue weighted by molar-refractivity contribution is 6.06. The fraction of sp³-hybridized carbons (Fsp3) is 0.378. The summed E-state index contributed by atoms with van der Waals surface area (Å²) in [6, 6.07) is 16.3. The van der Waals surface area contributed by atoms with Crippen molar-refractivity contribution in [2.24, 2.45) is 0 Å². The number of nitrogens with zero attached hydrogens (tertiary/aromatic N) is 12. The van der Waals surface area contributed by atoms with E-state index in [4.69, 9.17) is 42.3 Å². The highest BCUT2D eigenvalue weighted by Gasteiger charge is 2.55. The van der Waals surface area contributed by atoms with E-state index in [-0.39, 0.29) is 170 Å². The lowest BCUT2D eigenvalue weighted by Gasteiger charge is -2.42. The number of amides is 2. The predicted octanol–water partition coefficient (Wildman–Crippen LogP) is 10.9. The van der Waals surface area contributed by atoms with Crippen molar-refractivity contribution in [3.63, 3.8) is 0 Å². The van der Waals surface area contributed by atoms with E-state index in [1.54, 1.807) is 17.0 Å². The molecule has 4 bridgehead atoms. The minimum Gasteiger partial charge on any atom is -0.508 e. The summed E-state index contributed by atoms with van der Waals surface area (Å²) in [4.78, 5) is 66.4. The third kappa shape index (κ3) is 9.77. The molecule has 4 aromatic heterocycles. The molecule has 5 unspecified atom stereocenters. The molecule has 2 N–H and O–H groups in total. The Hall–Kier alpha value is -10.0. The second kappa shape index (κ2) is 23.3. The molecule has 8 aliphatic rings. The van der Waals surface area contributed by atoms with E-state index < -0.39 is 52.7 Å². The second-order valence-corrected chi connectivity index (χ2v) is 27.7. The molecule has 24 heteroatoms. The molecule has 0 aliphatic carbocycles. The minimum absolute atomic E-state index is 0.00165. The molecule has 9 aromatic rings. The van der Waals surface area contributed by atoms with Gasteiger partial charge in [0.2, 0.25) is 6.41 Å². The van der Waals surface area contributed by atoms with Crippen molar-refractivity contribution in [1.29, 1.82) is 0 Å². The summed E-state index contributed by atoms with van der Waals surface area (Å²) in [5.41, 5.74) is -2.34. The quantitative estimate of drug-likeness (QED) is 0.0629. The lowest BCUT2D eigenvalue weighted by molar-refractivity contribution is -0.121. The van der Waals surface area contributed by atoms with Crippen LogP contribution in [0.15, 0.2) is 85.2 Å². The van der Waals surface area contributed by atoms with E-state index in [1.165, 1.54) is 48.8 Å². The number of hydrogen-bond donors (Lipinski definition) is 2. The van der Waals surface area contributed by atoms with E-state index in [2.05, 4.69) is 26.7 Å². The number of carbonyl (C=O) groups excluding carboxylic acids is 2. The molecule has 8 aliphatic heterocycles. The Balaban J connectivity index is 0.733. The molecule has 17 rings (SSSR count). The number of aromatic nitrogens is 6. The SMILES string of the molecule is C#Cc1c(F)ccc2cc(O)cc(-c3ncc4c(N5CC6CCC(C5)N6C=O)nc(OC[C@@]56CCC(c7cc(F)c(C#C)c8c(-c9ncc%10c(N%11CC%12CCC(C%11)N%12C(=O)c%11ccccc%11)nc(OC[C@@]%11%12CCCN%11C[C@H](F)C%12)nc%10c9F)cc(O)cc78)N5C[C@H](F)C6)nc4c3F)c12. The fourth-order valence-corrected chi connectivity index (χ4v) is 18.0. The molecule has 12 heterocycles.